The monoisotopic (exact) mass is 314 g/mol. The minimum Gasteiger partial charge on any atom is -0.396 e. The smallest absolute Gasteiger partial charge is 0.272 e. The molecule has 23 heavy (non-hydrogen) atoms. The first-order valence-electron chi connectivity index (χ1n) is 7.63. The number of rotatable bonds is 7. The van der Waals surface area contributed by atoms with E-state index in [0.29, 0.717) is 18.5 Å². The molecule has 0 saturated heterocycles. The van der Waals surface area contributed by atoms with Crippen LogP contribution in [0.15, 0.2) is 48.5 Å². The highest BCUT2D eigenvalue weighted by atomic mass is 16.6. The van der Waals surface area contributed by atoms with Crippen LogP contribution in [0.1, 0.15) is 29.2 Å². The number of aliphatic hydroxyl groups is 1. The standard InChI is InChI=1S/C18H22N2O3/c1-14-16(9-6-10-17(14)20(22)23)13-19(2)18(11-12-21)15-7-4-3-5-8-15/h3-10,18,21H,11-13H2,1-2H3. The second kappa shape index (κ2) is 7.85. The van der Waals surface area contributed by atoms with E-state index in [0.717, 1.165) is 11.1 Å². The summed E-state index contributed by atoms with van der Waals surface area (Å²) in [4.78, 5) is 12.9. The van der Waals surface area contributed by atoms with Crippen LogP contribution in [-0.4, -0.2) is 28.6 Å². The van der Waals surface area contributed by atoms with Crippen LogP contribution in [0.4, 0.5) is 5.69 Å². The Hall–Kier alpha value is -2.24. The van der Waals surface area contributed by atoms with Crippen molar-refractivity contribution in [2.45, 2.75) is 25.9 Å². The van der Waals surface area contributed by atoms with Gasteiger partial charge in [-0.1, -0.05) is 42.5 Å². The Balaban J connectivity index is 2.24. The molecule has 0 saturated carbocycles. The van der Waals surface area contributed by atoms with Crippen LogP contribution in [0, 0.1) is 17.0 Å². The Morgan fingerprint density at radius 3 is 2.48 bits per heavy atom. The number of hydrogen-bond acceptors (Lipinski definition) is 4. The summed E-state index contributed by atoms with van der Waals surface area (Å²) in [5.41, 5.74) is 2.90. The lowest BCUT2D eigenvalue weighted by Crippen LogP contribution is -2.25. The van der Waals surface area contributed by atoms with Gasteiger partial charge in [-0.15, -0.1) is 0 Å². The molecule has 0 aliphatic rings. The van der Waals surface area contributed by atoms with Gasteiger partial charge in [0, 0.05) is 30.8 Å². The first kappa shape index (κ1) is 17.1. The van der Waals surface area contributed by atoms with Gasteiger partial charge in [-0.3, -0.25) is 15.0 Å². The summed E-state index contributed by atoms with van der Waals surface area (Å²) >= 11 is 0. The van der Waals surface area contributed by atoms with Crippen molar-refractivity contribution in [3.05, 3.63) is 75.3 Å². The second-order valence-corrected chi connectivity index (χ2v) is 5.67. The number of benzene rings is 2. The third-order valence-corrected chi connectivity index (χ3v) is 4.15. The molecule has 122 valence electrons. The predicted molar refractivity (Wildman–Crippen MR) is 90.2 cm³/mol. The first-order chi connectivity index (χ1) is 11.0. The summed E-state index contributed by atoms with van der Waals surface area (Å²) in [7, 11) is 1.98. The van der Waals surface area contributed by atoms with Crippen molar-refractivity contribution in [1.82, 2.24) is 4.90 Å². The van der Waals surface area contributed by atoms with Gasteiger partial charge in [0.15, 0.2) is 0 Å². The Kier molecular flexibility index (Phi) is 5.84. The number of aliphatic hydroxyl groups excluding tert-OH is 1. The van der Waals surface area contributed by atoms with Crippen LogP contribution in [0.5, 0.6) is 0 Å². The van der Waals surface area contributed by atoms with Crippen molar-refractivity contribution < 1.29 is 10.0 Å². The Morgan fingerprint density at radius 1 is 1.17 bits per heavy atom. The van der Waals surface area contributed by atoms with E-state index in [4.69, 9.17) is 0 Å². The highest BCUT2D eigenvalue weighted by Crippen LogP contribution is 2.27. The maximum atomic E-state index is 11.1. The van der Waals surface area contributed by atoms with Gasteiger partial charge < -0.3 is 5.11 Å². The largest absolute Gasteiger partial charge is 0.396 e. The Morgan fingerprint density at radius 2 is 1.87 bits per heavy atom. The average molecular weight is 314 g/mol. The molecule has 0 aliphatic carbocycles. The van der Waals surface area contributed by atoms with Crippen LogP contribution in [0.3, 0.4) is 0 Å². The third-order valence-electron chi connectivity index (χ3n) is 4.15. The fraction of sp³-hybridized carbons (Fsp3) is 0.333. The first-order valence-corrected chi connectivity index (χ1v) is 7.63. The minimum absolute atomic E-state index is 0.0693. The molecule has 0 bridgehead atoms. The lowest BCUT2D eigenvalue weighted by molar-refractivity contribution is -0.385. The average Bonchev–Trinajstić information content (AvgIpc) is 2.55. The molecular formula is C18H22N2O3. The molecule has 0 fully saturated rings. The Labute approximate surface area is 136 Å². The number of nitro benzene ring substituents is 1. The fourth-order valence-corrected chi connectivity index (χ4v) is 2.86. The van der Waals surface area contributed by atoms with Crippen molar-refractivity contribution in [2.75, 3.05) is 13.7 Å². The number of nitro groups is 1. The molecule has 2 aromatic carbocycles. The summed E-state index contributed by atoms with van der Waals surface area (Å²) < 4.78 is 0. The lowest BCUT2D eigenvalue weighted by Gasteiger charge is -2.28. The molecular weight excluding hydrogens is 292 g/mol. The molecule has 1 atom stereocenters. The van der Waals surface area contributed by atoms with E-state index in [1.165, 1.54) is 6.07 Å². The normalized spacial score (nSPS) is 12.3. The minimum atomic E-state index is -0.346. The van der Waals surface area contributed by atoms with E-state index >= 15 is 0 Å². The molecule has 0 spiro atoms. The molecule has 0 aromatic heterocycles. The van der Waals surface area contributed by atoms with Crippen molar-refractivity contribution in [1.29, 1.82) is 0 Å². The molecule has 0 aliphatic heterocycles. The summed E-state index contributed by atoms with van der Waals surface area (Å²) in [6.07, 6.45) is 0.620. The summed E-state index contributed by atoms with van der Waals surface area (Å²) in [5.74, 6) is 0. The van der Waals surface area contributed by atoms with Crippen molar-refractivity contribution >= 4 is 5.69 Å². The molecule has 5 heteroatoms. The summed E-state index contributed by atoms with van der Waals surface area (Å²) in [6.45, 7) is 2.47. The second-order valence-electron chi connectivity index (χ2n) is 5.67. The van der Waals surface area contributed by atoms with E-state index in [9.17, 15) is 15.2 Å². The van der Waals surface area contributed by atoms with Crippen LogP contribution in [0.2, 0.25) is 0 Å². The van der Waals surface area contributed by atoms with Crippen molar-refractivity contribution in [3.63, 3.8) is 0 Å². The molecule has 1 unspecified atom stereocenters. The van der Waals surface area contributed by atoms with Crippen LogP contribution in [-0.2, 0) is 6.54 Å². The molecule has 0 amide bonds. The van der Waals surface area contributed by atoms with E-state index in [1.54, 1.807) is 13.0 Å². The van der Waals surface area contributed by atoms with Crippen LogP contribution >= 0.6 is 0 Å². The molecule has 2 aromatic rings. The van der Waals surface area contributed by atoms with Gasteiger partial charge in [-0.05, 0) is 31.5 Å². The topological polar surface area (TPSA) is 66.6 Å². The van der Waals surface area contributed by atoms with Gasteiger partial charge >= 0.3 is 0 Å². The summed E-state index contributed by atoms with van der Waals surface area (Å²) in [5, 5.41) is 20.4. The van der Waals surface area contributed by atoms with E-state index in [2.05, 4.69) is 4.90 Å². The number of hydrogen-bond donors (Lipinski definition) is 1. The highest BCUT2D eigenvalue weighted by molar-refractivity contribution is 5.44. The maximum Gasteiger partial charge on any atom is 0.272 e. The van der Waals surface area contributed by atoms with E-state index in [-0.39, 0.29) is 23.3 Å². The lowest BCUT2D eigenvalue weighted by atomic mass is 10.0. The van der Waals surface area contributed by atoms with Gasteiger partial charge in [0.2, 0.25) is 0 Å². The van der Waals surface area contributed by atoms with Crippen molar-refractivity contribution in [2.24, 2.45) is 0 Å². The van der Waals surface area contributed by atoms with E-state index in [1.807, 2.05) is 43.4 Å². The highest BCUT2D eigenvalue weighted by Gasteiger charge is 2.19. The van der Waals surface area contributed by atoms with Gasteiger partial charge in [0.25, 0.3) is 5.69 Å². The zero-order chi connectivity index (χ0) is 16.8. The maximum absolute atomic E-state index is 11.1. The molecule has 2 rings (SSSR count). The summed E-state index contributed by atoms with van der Waals surface area (Å²) in [6, 6.07) is 15.2. The van der Waals surface area contributed by atoms with Gasteiger partial charge in [-0.2, -0.15) is 0 Å². The molecule has 0 heterocycles. The Bertz CT molecular complexity index is 659. The third kappa shape index (κ3) is 4.15. The van der Waals surface area contributed by atoms with Crippen LogP contribution < -0.4 is 0 Å². The van der Waals surface area contributed by atoms with Crippen LogP contribution in [0.25, 0.3) is 0 Å². The quantitative estimate of drug-likeness (QED) is 0.628. The zero-order valence-corrected chi connectivity index (χ0v) is 13.5. The van der Waals surface area contributed by atoms with Gasteiger partial charge in [-0.25, -0.2) is 0 Å². The number of nitrogens with zero attached hydrogens (tertiary/aromatic N) is 2. The molecule has 0 radical (unpaired) electrons. The van der Waals surface area contributed by atoms with Crippen molar-refractivity contribution in [3.8, 4) is 0 Å². The zero-order valence-electron chi connectivity index (χ0n) is 13.5. The SMILES string of the molecule is Cc1c(CN(C)C(CCO)c2ccccc2)cccc1[N+](=O)[O-]. The molecule has 5 nitrogen and oxygen atoms in total. The predicted octanol–water partition coefficient (Wildman–Crippen LogP) is 3.46. The molecule has 1 N–H and O–H groups in total. The fourth-order valence-electron chi connectivity index (χ4n) is 2.86. The van der Waals surface area contributed by atoms with Gasteiger partial charge in [0.1, 0.15) is 0 Å². The van der Waals surface area contributed by atoms with E-state index < -0.39 is 0 Å². The van der Waals surface area contributed by atoms with Gasteiger partial charge in [0.05, 0.1) is 4.92 Å².